The molecule has 0 saturated carbocycles. The molecule has 0 spiro atoms. The number of aryl methyl sites for hydroxylation is 1. The minimum absolute atomic E-state index is 0.562. The van der Waals surface area contributed by atoms with Crippen molar-refractivity contribution in [1.29, 1.82) is 5.26 Å². The van der Waals surface area contributed by atoms with Crippen LogP contribution in [0.15, 0.2) is 42.7 Å². The van der Waals surface area contributed by atoms with E-state index in [1.165, 1.54) is 10.9 Å². The van der Waals surface area contributed by atoms with Crippen molar-refractivity contribution in [2.45, 2.75) is 6.42 Å². The van der Waals surface area contributed by atoms with Crippen LogP contribution in [0.4, 0.5) is 5.82 Å². The number of nitrogens with one attached hydrogen (secondary N) is 1. The quantitative estimate of drug-likeness (QED) is 0.798. The number of halogens is 1. The van der Waals surface area contributed by atoms with Crippen LogP contribution >= 0.6 is 11.6 Å². The third-order valence-electron chi connectivity index (χ3n) is 3.65. The van der Waals surface area contributed by atoms with Crippen LogP contribution in [0.25, 0.3) is 10.9 Å². The van der Waals surface area contributed by atoms with Crippen LogP contribution in [0, 0.1) is 11.3 Å². The summed E-state index contributed by atoms with van der Waals surface area (Å²) >= 11 is 6.05. The highest BCUT2D eigenvalue weighted by molar-refractivity contribution is 6.31. The second-order valence-electron chi connectivity index (χ2n) is 5.11. The first-order chi connectivity index (χ1) is 10.7. The molecule has 1 aromatic carbocycles. The van der Waals surface area contributed by atoms with Crippen molar-refractivity contribution in [3.63, 3.8) is 0 Å². The zero-order valence-electron chi connectivity index (χ0n) is 12.2. The molecule has 110 valence electrons. The summed E-state index contributed by atoms with van der Waals surface area (Å²) in [7, 11) is 2.02. The number of nitriles is 1. The Bertz CT molecular complexity index is 861. The first-order valence-corrected chi connectivity index (χ1v) is 7.39. The average Bonchev–Trinajstić information content (AvgIpc) is 2.84. The standard InChI is InChI=1S/C17H15ClN4/c1-22-11-13(15-5-4-14(18)9-16(15)22)6-8-21-17-12(10-19)3-2-7-20-17/h2-5,7,9,11H,6,8H2,1H3,(H,20,21). The molecule has 0 aliphatic heterocycles. The predicted octanol–water partition coefficient (Wildman–Crippen LogP) is 3.75. The Morgan fingerprint density at radius 2 is 2.23 bits per heavy atom. The normalized spacial score (nSPS) is 10.6. The number of aromatic nitrogens is 2. The molecular formula is C17H15ClN4. The van der Waals surface area contributed by atoms with Gasteiger partial charge in [0.2, 0.25) is 0 Å². The topological polar surface area (TPSA) is 53.6 Å². The van der Waals surface area contributed by atoms with Crippen molar-refractivity contribution in [2.75, 3.05) is 11.9 Å². The van der Waals surface area contributed by atoms with E-state index in [0.29, 0.717) is 17.9 Å². The van der Waals surface area contributed by atoms with Gasteiger partial charge in [0.25, 0.3) is 0 Å². The summed E-state index contributed by atoms with van der Waals surface area (Å²) in [5, 5.41) is 14.2. The number of hydrogen-bond donors (Lipinski definition) is 1. The first-order valence-electron chi connectivity index (χ1n) is 7.01. The Morgan fingerprint density at radius 1 is 1.36 bits per heavy atom. The van der Waals surface area contributed by atoms with E-state index in [9.17, 15) is 0 Å². The van der Waals surface area contributed by atoms with Crippen LogP contribution < -0.4 is 5.32 Å². The fourth-order valence-electron chi connectivity index (χ4n) is 2.59. The molecule has 0 radical (unpaired) electrons. The molecule has 0 fully saturated rings. The SMILES string of the molecule is Cn1cc(CCNc2ncccc2C#N)c2ccc(Cl)cc21. The second kappa shape index (κ2) is 6.08. The lowest BCUT2D eigenvalue weighted by atomic mass is 10.1. The smallest absolute Gasteiger partial charge is 0.143 e. The maximum absolute atomic E-state index is 9.06. The molecule has 0 aliphatic carbocycles. The predicted molar refractivity (Wildman–Crippen MR) is 89.1 cm³/mol. The van der Waals surface area contributed by atoms with Crippen LogP contribution in [0.3, 0.4) is 0 Å². The number of hydrogen-bond acceptors (Lipinski definition) is 3. The number of rotatable bonds is 4. The van der Waals surface area contributed by atoms with E-state index in [1.807, 2.05) is 19.2 Å². The Balaban J connectivity index is 1.76. The molecule has 3 aromatic rings. The fourth-order valence-corrected chi connectivity index (χ4v) is 2.76. The van der Waals surface area contributed by atoms with Gasteiger partial charge in [-0.15, -0.1) is 0 Å². The summed E-state index contributed by atoms with van der Waals surface area (Å²) in [6, 6.07) is 11.6. The van der Waals surface area contributed by atoms with Crippen LogP contribution in [0.2, 0.25) is 5.02 Å². The Hall–Kier alpha value is -2.51. The molecule has 0 unspecified atom stereocenters. The Kier molecular flexibility index (Phi) is 3.99. The summed E-state index contributed by atoms with van der Waals surface area (Å²) in [6.07, 6.45) is 4.65. The lowest BCUT2D eigenvalue weighted by Crippen LogP contribution is -2.07. The molecular weight excluding hydrogens is 296 g/mol. The van der Waals surface area contributed by atoms with Gasteiger partial charge in [-0.25, -0.2) is 4.98 Å². The second-order valence-corrected chi connectivity index (χ2v) is 5.55. The van der Waals surface area contributed by atoms with Crippen molar-refractivity contribution in [3.8, 4) is 6.07 Å². The number of pyridine rings is 1. The van der Waals surface area contributed by atoms with E-state index in [4.69, 9.17) is 16.9 Å². The van der Waals surface area contributed by atoms with Gasteiger partial charge in [-0.2, -0.15) is 5.26 Å². The summed E-state index contributed by atoms with van der Waals surface area (Å²) in [5.41, 5.74) is 2.93. The molecule has 0 aliphatic rings. The van der Waals surface area contributed by atoms with E-state index in [1.54, 1.807) is 18.3 Å². The molecule has 0 amide bonds. The van der Waals surface area contributed by atoms with Crippen molar-refractivity contribution < 1.29 is 0 Å². The average molecular weight is 311 g/mol. The van der Waals surface area contributed by atoms with Gasteiger partial charge in [0.05, 0.1) is 5.56 Å². The van der Waals surface area contributed by atoms with Crippen molar-refractivity contribution in [2.24, 2.45) is 7.05 Å². The van der Waals surface area contributed by atoms with Gasteiger partial charge < -0.3 is 9.88 Å². The van der Waals surface area contributed by atoms with Crippen LogP contribution in [0.5, 0.6) is 0 Å². The first kappa shape index (κ1) is 14.4. The number of fused-ring (bicyclic) bond motifs is 1. The maximum Gasteiger partial charge on any atom is 0.143 e. The third-order valence-corrected chi connectivity index (χ3v) is 3.89. The molecule has 0 atom stereocenters. The van der Waals surface area contributed by atoms with Crippen molar-refractivity contribution in [1.82, 2.24) is 9.55 Å². The zero-order chi connectivity index (χ0) is 15.5. The van der Waals surface area contributed by atoms with Crippen LogP contribution in [-0.2, 0) is 13.5 Å². The minimum Gasteiger partial charge on any atom is -0.369 e. The van der Waals surface area contributed by atoms with E-state index in [2.05, 4.69) is 33.2 Å². The maximum atomic E-state index is 9.06. The van der Waals surface area contributed by atoms with E-state index >= 15 is 0 Å². The molecule has 1 N–H and O–H groups in total. The molecule has 4 nitrogen and oxygen atoms in total. The number of nitrogens with zero attached hydrogens (tertiary/aromatic N) is 3. The van der Waals surface area contributed by atoms with E-state index in [-0.39, 0.29) is 0 Å². The minimum atomic E-state index is 0.562. The molecule has 0 bridgehead atoms. The summed E-state index contributed by atoms with van der Waals surface area (Å²) in [5.74, 6) is 0.633. The highest BCUT2D eigenvalue weighted by atomic mass is 35.5. The van der Waals surface area contributed by atoms with Gasteiger partial charge in [-0.3, -0.25) is 0 Å². The Labute approximate surface area is 134 Å². The lowest BCUT2D eigenvalue weighted by molar-refractivity contribution is 0.941. The number of benzene rings is 1. The van der Waals surface area contributed by atoms with Gasteiger partial charge >= 0.3 is 0 Å². The van der Waals surface area contributed by atoms with Gasteiger partial charge in [-0.1, -0.05) is 17.7 Å². The van der Waals surface area contributed by atoms with Crippen molar-refractivity contribution >= 4 is 28.3 Å². The Morgan fingerprint density at radius 3 is 3.05 bits per heavy atom. The summed E-state index contributed by atoms with van der Waals surface area (Å²) in [4.78, 5) is 4.20. The molecule has 22 heavy (non-hydrogen) atoms. The monoisotopic (exact) mass is 310 g/mol. The van der Waals surface area contributed by atoms with Gasteiger partial charge in [0, 0.05) is 41.9 Å². The molecule has 2 aromatic heterocycles. The van der Waals surface area contributed by atoms with Gasteiger partial charge in [0.1, 0.15) is 11.9 Å². The largest absolute Gasteiger partial charge is 0.369 e. The molecule has 0 saturated heterocycles. The van der Waals surface area contributed by atoms with Gasteiger partial charge in [0.15, 0.2) is 0 Å². The third kappa shape index (κ3) is 2.76. The number of anilines is 1. The van der Waals surface area contributed by atoms with Gasteiger partial charge in [-0.05, 0) is 36.2 Å². The van der Waals surface area contributed by atoms with E-state index < -0.39 is 0 Å². The summed E-state index contributed by atoms with van der Waals surface area (Å²) in [6.45, 7) is 0.716. The lowest BCUT2D eigenvalue weighted by Gasteiger charge is -2.06. The van der Waals surface area contributed by atoms with E-state index in [0.717, 1.165) is 17.0 Å². The van der Waals surface area contributed by atoms with Crippen molar-refractivity contribution in [3.05, 3.63) is 58.9 Å². The summed E-state index contributed by atoms with van der Waals surface area (Å²) < 4.78 is 2.08. The highest BCUT2D eigenvalue weighted by Crippen LogP contribution is 2.24. The van der Waals surface area contributed by atoms with Crippen LogP contribution in [0.1, 0.15) is 11.1 Å². The van der Waals surface area contributed by atoms with Crippen LogP contribution in [-0.4, -0.2) is 16.1 Å². The molecule has 5 heteroatoms. The zero-order valence-corrected chi connectivity index (χ0v) is 12.9. The highest BCUT2D eigenvalue weighted by Gasteiger charge is 2.07. The fraction of sp³-hybridized carbons (Fsp3) is 0.176. The molecule has 2 heterocycles. The molecule has 3 rings (SSSR count).